The van der Waals surface area contributed by atoms with Crippen molar-refractivity contribution < 1.29 is 14.4 Å². The molecule has 0 aromatic rings. The molecule has 2 N–H and O–H groups in total. The molecule has 0 amide bonds. The molecule has 0 aliphatic rings. The molecule has 0 aromatic heterocycles. The lowest BCUT2D eigenvalue weighted by Crippen LogP contribution is -2.08. The maximum Gasteiger partial charge on any atom is 0.324 e. The zero-order chi connectivity index (χ0) is 8.53. The van der Waals surface area contributed by atoms with Crippen LogP contribution in [0, 0.1) is 0 Å². The average molecular weight is 159 g/mol. The first kappa shape index (κ1) is 10.1. The largest absolute Gasteiger partial charge is 0.373 e. The zero-order valence-corrected chi connectivity index (χ0v) is 6.41. The van der Waals surface area contributed by atoms with Crippen LogP contribution in [-0.4, -0.2) is 12.3 Å². The summed E-state index contributed by atoms with van der Waals surface area (Å²) in [6.07, 6.45) is 4.23. The fraction of sp³-hybridized carbons (Fsp3) is 0.714. The molecule has 0 bridgehead atoms. The van der Waals surface area contributed by atoms with Gasteiger partial charge in [-0.05, 0) is 12.8 Å². The molecule has 64 valence electrons. The molecule has 4 heteroatoms. The Kier molecular flexibility index (Phi) is 6.62. The highest BCUT2D eigenvalue weighted by molar-refractivity contribution is 5.68. The van der Waals surface area contributed by atoms with Gasteiger partial charge in [0.25, 0.3) is 0 Å². The lowest BCUT2D eigenvalue weighted by Gasteiger charge is -1.96. The number of unbranched alkanes of at least 4 members (excludes halogenated alkanes) is 3. The number of hydrogen-bond acceptors (Lipinski definition) is 4. The Balaban J connectivity index is 3.01. The van der Waals surface area contributed by atoms with Crippen LogP contribution < -0.4 is 5.90 Å². The molecule has 0 aliphatic carbocycles. The first-order valence-corrected chi connectivity index (χ1v) is 3.64. The molecule has 0 heterocycles. The van der Waals surface area contributed by atoms with Crippen LogP contribution in [0.25, 0.3) is 0 Å². The molecular formula is C7H13NO3. The maximum atomic E-state index is 10.4. The summed E-state index contributed by atoms with van der Waals surface area (Å²) >= 11 is 0. The Morgan fingerprint density at radius 1 is 1.36 bits per heavy atom. The molecule has 0 saturated heterocycles. The van der Waals surface area contributed by atoms with Gasteiger partial charge in [-0.15, -0.1) is 0 Å². The normalized spacial score (nSPS) is 9.18. The quantitative estimate of drug-likeness (QED) is 0.349. The Morgan fingerprint density at radius 3 is 2.64 bits per heavy atom. The summed E-state index contributed by atoms with van der Waals surface area (Å²) in [6.45, 7) is 0. The third-order valence-electron chi connectivity index (χ3n) is 1.33. The van der Waals surface area contributed by atoms with Crippen LogP contribution in [0.3, 0.4) is 0 Å². The highest BCUT2D eigenvalue weighted by Crippen LogP contribution is 2.01. The number of carbonyl (C=O) groups is 2. The van der Waals surface area contributed by atoms with Gasteiger partial charge in [0.2, 0.25) is 0 Å². The van der Waals surface area contributed by atoms with Gasteiger partial charge in [-0.2, -0.15) is 5.90 Å². The standard InChI is InChI=1S/C7H13NO3/c8-11-7(10)5-3-1-2-4-6-9/h6H,1-5,8H2. The van der Waals surface area contributed by atoms with E-state index in [1.54, 1.807) is 0 Å². The zero-order valence-electron chi connectivity index (χ0n) is 6.41. The van der Waals surface area contributed by atoms with Gasteiger partial charge in [-0.3, -0.25) is 4.79 Å². The van der Waals surface area contributed by atoms with Gasteiger partial charge in [0.05, 0.1) is 0 Å². The van der Waals surface area contributed by atoms with Gasteiger partial charge >= 0.3 is 5.97 Å². The predicted octanol–water partition coefficient (Wildman–Crippen LogP) is 0.553. The molecule has 0 atom stereocenters. The minimum absolute atomic E-state index is 0.343. The highest BCUT2D eigenvalue weighted by Gasteiger charge is 1.98. The fourth-order valence-corrected chi connectivity index (χ4v) is 0.733. The van der Waals surface area contributed by atoms with E-state index >= 15 is 0 Å². The van der Waals surface area contributed by atoms with E-state index in [-0.39, 0.29) is 0 Å². The molecule has 0 unspecified atom stereocenters. The Labute approximate surface area is 65.7 Å². The Morgan fingerprint density at radius 2 is 2.09 bits per heavy atom. The van der Waals surface area contributed by atoms with Gasteiger partial charge < -0.3 is 9.63 Å². The first-order chi connectivity index (χ1) is 5.31. The van der Waals surface area contributed by atoms with Crippen LogP contribution in [0.15, 0.2) is 0 Å². The minimum atomic E-state index is -0.392. The first-order valence-electron chi connectivity index (χ1n) is 3.64. The molecule has 0 aliphatic heterocycles. The lowest BCUT2D eigenvalue weighted by molar-refractivity contribution is -0.144. The molecule has 0 radical (unpaired) electrons. The topological polar surface area (TPSA) is 69.4 Å². The van der Waals surface area contributed by atoms with E-state index < -0.39 is 5.97 Å². The highest BCUT2D eigenvalue weighted by atomic mass is 16.7. The van der Waals surface area contributed by atoms with Crippen molar-refractivity contribution in [1.82, 2.24) is 0 Å². The molecule has 0 spiro atoms. The van der Waals surface area contributed by atoms with Gasteiger partial charge in [0.1, 0.15) is 6.29 Å². The van der Waals surface area contributed by atoms with Crippen LogP contribution in [0.1, 0.15) is 32.1 Å². The lowest BCUT2D eigenvalue weighted by atomic mass is 10.1. The van der Waals surface area contributed by atoms with E-state index in [9.17, 15) is 9.59 Å². The number of carbonyl (C=O) groups excluding carboxylic acids is 2. The van der Waals surface area contributed by atoms with Crippen LogP contribution in [0.2, 0.25) is 0 Å². The monoisotopic (exact) mass is 159 g/mol. The van der Waals surface area contributed by atoms with Crippen molar-refractivity contribution in [2.75, 3.05) is 0 Å². The van der Waals surface area contributed by atoms with Crippen LogP contribution in [0.5, 0.6) is 0 Å². The van der Waals surface area contributed by atoms with Gasteiger partial charge in [0.15, 0.2) is 0 Å². The Hall–Kier alpha value is -0.900. The van der Waals surface area contributed by atoms with Crippen molar-refractivity contribution in [3.8, 4) is 0 Å². The van der Waals surface area contributed by atoms with Crippen molar-refractivity contribution in [3.05, 3.63) is 0 Å². The smallest absolute Gasteiger partial charge is 0.324 e. The molecule has 0 aromatic carbocycles. The number of nitrogens with two attached hydrogens (primary N) is 1. The van der Waals surface area contributed by atoms with Crippen LogP contribution in [-0.2, 0) is 14.4 Å². The van der Waals surface area contributed by atoms with E-state index in [0.29, 0.717) is 12.8 Å². The van der Waals surface area contributed by atoms with Gasteiger partial charge in [-0.1, -0.05) is 6.42 Å². The van der Waals surface area contributed by atoms with Crippen molar-refractivity contribution in [2.24, 2.45) is 5.90 Å². The third-order valence-corrected chi connectivity index (χ3v) is 1.33. The van der Waals surface area contributed by atoms with E-state index in [0.717, 1.165) is 25.5 Å². The van der Waals surface area contributed by atoms with E-state index in [2.05, 4.69) is 10.7 Å². The molecule has 0 saturated carbocycles. The summed E-state index contributed by atoms with van der Waals surface area (Å²) in [5.41, 5.74) is 0. The SMILES string of the molecule is NOC(=O)CCCCCC=O. The minimum Gasteiger partial charge on any atom is -0.373 e. The molecule has 0 fully saturated rings. The number of aldehydes is 1. The van der Waals surface area contributed by atoms with Crippen LogP contribution >= 0.6 is 0 Å². The number of hydrogen-bond donors (Lipinski definition) is 1. The summed E-state index contributed by atoms with van der Waals surface area (Å²) < 4.78 is 0. The average Bonchev–Trinajstić information content (AvgIpc) is 2.04. The van der Waals surface area contributed by atoms with E-state index in [1.807, 2.05) is 0 Å². The summed E-state index contributed by atoms with van der Waals surface area (Å²) in [7, 11) is 0. The maximum absolute atomic E-state index is 10.4. The van der Waals surface area contributed by atoms with E-state index in [1.165, 1.54) is 0 Å². The third kappa shape index (κ3) is 6.99. The fourth-order valence-electron chi connectivity index (χ4n) is 0.733. The van der Waals surface area contributed by atoms with Crippen molar-refractivity contribution in [3.63, 3.8) is 0 Å². The summed E-state index contributed by atoms with van der Waals surface area (Å²) in [4.78, 5) is 24.2. The summed E-state index contributed by atoms with van der Waals surface area (Å²) in [6, 6.07) is 0. The molecule has 0 rings (SSSR count). The molecule has 11 heavy (non-hydrogen) atoms. The van der Waals surface area contributed by atoms with Crippen molar-refractivity contribution in [1.29, 1.82) is 0 Å². The summed E-state index contributed by atoms with van der Waals surface area (Å²) in [5, 5.41) is 0. The van der Waals surface area contributed by atoms with Crippen molar-refractivity contribution in [2.45, 2.75) is 32.1 Å². The van der Waals surface area contributed by atoms with Crippen LogP contribution in [0.4, 0.5) is 0 Å². The second-order valence-electron chi connectivity index (χ2n) is 2.26. The predicted molar refractivity (Wildman–Crippen MR) is 39.4 cm³/mol. The summed E-state index contributed by atoms with van der Waals surface area (Å²) in [5.74, 6) is 4.21. The Bertz CT molecular complexity index is 125. The molecule has 4 nitrogen and oxygen atoms in total. The molecular weight excluding hydrogens is 146 g/mol. The van der Waals surface area contributed by atoms with E-state index in [4.69, 9.17) is 0 Å². The number of rotatable bonds is 6. The van der Waals surface area contributed by atoms with Gasteiger partial charge in [0, 0.05) is 12.8 Å². The second-order valence-corrected chi connectivity index (χ2v) is 2.26. The second kappa shape index (κ2) is 7.21. The van der Waals surface area contributed by atoms with Gasteiger partial charge in [-0.25, -0.2) is 0 Å². The van der Waals surface area contributed by atoms with Crippen molar-refractivity contribution >= 4 is 12.3 Å².